The zero-order chi connectivity index (χ0) is 15.1. The van der Waals surface area contributed by atoms with Crippen molar-refractivity contribution in [1.29, 1.82) is 0 Å². The molecule has 3 rings (SSSR count). The maximum absolute atomic E-state index is 12.0. The maximum atomic E-state index is 12.0. The van der Waals surface area contributed by atoms with Crippen LogP contribution in [0.4, 0.5) is 0 Å². The largest absolute Gasteiger partial charge is 0.312 e. The van der Waals surface area contributed by atoms with Crippen LogP contribution in [-0.4, -0.2) is 19.7 Å². The molecule has 0 aliphatic rings. The predicted octanol–water partition coefficient (Wildman–Crippen LogP) is 3.63. The van der Waals surface area contributed by atoms with Gasteiger partial charge >= 0.3 is 0 Å². The predicted molar refractivity (Wildman–Crippen MR) is 83.9 cm³/mol. The fraction of sp³-hybridized carbons (Fsp3) is 0.154. The lowest BCUT2D eigenvalue weighted by Crippen LogP contribution is -2.07. The first-order valence-corrected chi connectivity index (χ1v) is 7.26. The first-order chi connectivity index (χ1) is 10.0. The number of aromatic amines is 1. The lowest BCUT2D eigenvalue weighted by atomic mass is 10.2. The number of rotatable bonds is 2. The highest BCUT2D eigenvalue weighted by molar-refractivity contribution is 6.40. The van der Waals surface area contributed by atoms with Gasteiger partial charge in [-0.25, -0.2) is 9.67 Å². The minimum atomic E-state index is -0.246. The molecular weight excluding hydrogens is 335 g/mol. The maximum Gasteiger partial charge on any atom is 0.262 e. The fourth-order valence-corrected chi connectivity index (χ4v) is 3.15. The van der Waals surface area contributed by atoms with Gasteiger partial charge in [0.05, 0.1) is 22.1 Å². The standard InChI is InChI=1S/C13H9Cl3N4O/c1-2-9-10-12(17-5-18-13(10)21)20(19-9)11-7(15)3-6(14)4-8(11)16/h3-5H,2H2,1H3,(H,17,18,21). The van der Waals surface area contributed by atoms with E-state index >= 15 is 0 Å². The molecule has 2 aromatic heterocycles. The molecule has 108 valence electrons. The third-order valence-corrected chi connectivity index (χ3v) is 3.87. The van der Waals surface area contributed by atoms with Crippen LogP contribution in [0, 0.1) is 0 Å². The van der Waals surface area contributed by atoms with E-state index in [2.05, 4.69) is 15.1 Å². The van der Waals surface area contributed by atoms with Crippen LogP contribution in [0.25, 0.3) is 16.7 Å². The highest BCUT2D eigenvalue weighted by atomic mass is 35.5. The first-order valence-electron chi connectivity index (χ1n) is 6.13. The number of hydrogen-bond acceptors (Lipinski definition) is 3. The Labute approximate surface area is 134 Å². The van der Waals surface area contributed by atoms with E-state index in [9.17, 15) is 4.79 Å². The molecular formula is C13H9Cl3N4O. The lowest BCUT2D eigenvalue weighted by molar-refractivity contribution is 0.854. The van der Waals surface area contributed by atoms with Crippen molar-refractivity contribution in [3.8, 4) is 5.69 Å². The van der Waals surface area contributed by atoms with Gasteiger partial charge in [0, 0.05) is 5.02 Å². The molecule has 0 saturated carbocycles. The third kappa shape index (κ3) is 2.31. The molecule has 0 bridgehead atoms. The van der Waals surface area contributed by atoms with Crippen molar-refractivity contribution >= 4 is 45.8 Å². The zero-order valence-corrected chi connectivity index (χ0v) is 13.1. The number of halogens is 3. The van der Waals surface area contributed by atoms with Gasteiger partial charge in [-0.15, -0.1) is 0 Å². The van der Waals surface area contributed by atoms with Gasteiger partial charge in [-0.2, -0.15) is 5.10 Å². The molecule has 0 saturated heterocycles. The van der Waals surface area contributed by atoms with E-state index in [-0.39, 0.29) is 5.56 Å². The summed E-state index contributed by atoms with van der Waals surface area (Å²) in [5, 5.41) is 5.94. The molecule has 2 heterocycles. The second kappa shape index (κ2) is 5.33. The van der Waals surface area contributed by atoms with Crippen molar-refractivity contribution in [2.24, 2.45) is 0 Å². The van der Waals surface area contributed by atoms with E-state index in [4.69, 9.17) is 34.8 Å². The number of nitrogens with zero attached hydrogens (tertiary/aromatic N) is 3. The van der Waals surface area contributed by atoms with Gasteiger partial charge in [0.1, 0.15) is 11.1 Å². The highest BCUT2D eigenvalue weighted by Crippen LogP contribution is 2.33. The molecule has 21 heavy (non-hydrogen) atoms. The van der Waals surface area contributed by atoms with Crippen LogP contribution in [0.2, 0.25) is 15.1 Å². The fourth-order valence-electron chi connectivity index (χ4n) is 2.17. The Kier molecular flexibility index (Phi) is 3.65. The normalized spacial score (nSPS) is 11.2. The van der Waals surface area contributed by atoms with Gasteiger partial charge in [0.2, 0.25) is 0 Å². The van der Waals surface area contributed by atoms with Gasteiger partial charge in [-0.1, -0.05) is 41.7 Å². The Bertz CT molecular complexity index is 877. The molecule has 0 aliphatic carbocycles. The molecule has 0 radical (unpaired) electrons. The number of hydrogen-bond donors (Lipinski definition) is 1. The first kappa shape index (κ1) is 14.4. The van der Waals surface area contributed by atoms with Crippen molar-refractivity contribution in [3.63, 3.8) is 0 Å². The summed E-state index contributed by atoms with van der Waals surface area (Å²) in [5.41, 5.74) is 1.23. The van der Waals surface area contributed by atoms with E-state index in [0.717, 1.165) is 0 Å². The summed E-state index contributed by atoms with van der Waals surface area (Å²) in [6.07, 6.45) is 1.90. The van der Waals surface area contributed by atoms with Crippen LogP contribution >= 0.6 is 34.8 Å². The van der Waals surface area contributed by atoms with Crippen molar-refractivity contribution in [2.75, 3.05) is 0 Å². The molecule has 0 atom stereocenters. The molecule has 1 aromatic carbocycles. The molecule has 0 spiro atoms. The van der Waals surface area contributed by atoms with Crippen LogP contribution in [0.15, 0.2) is 23.3 Å². The van der Waals surface area contributed by atoms with Crippen molar-refractivity contribution < 1.29 is 0 Å². The Balaban J connectivity index is 2.42. The van der Waals surface area contributed by atoms with E-state index in [1.54, 1.807) is 12.1 Å². The topological polar surface area (TPSA) is 63.6 Å². The molecule has 0 unspecified atom stereocenters. The summed E-state index contributed by atoms with van der Waals surface area (Å²) >= 11 is 18.4. The number of benzene rings is 1. The van der Waals surface area contributed by atoms with Crippen molar-refractivity contribution in [1.82, 2.24) is 19.7 Å². The van der Waals surface area contributed by atoms with Crippen LogP contribution in [0.3, 0.4) is 0 Å². The monoisotopic (exact) mass is 342 g/mol. The summed E-state index contributed by atoms with van der Waals surface area (Å²) in [7, 11) is 0. The second-order valence-electron chi connectivity index (χ2n) is 4.36. The highest BCUT2D eigenvalue weighted by Gasteiger charge is 2.19. The summed E-state index contributed by atoms with van der Waals surface area (Å²) in [5.74, 6) is 0. The van der Waals surface area contributed by atoms with E-state index in [1.807, 2.05) is 6.92 Å². The van der Waals surface area contributed by atoms with Crippen LogP contribution < -0.4 is 5.56 Å². The van der Waals surface area contributed by atoms with E-state index < -0.39 is 0 Å². The molecule has 0 aliphatic heterocycles. The van der Waals surface area contributed by atoms with Crippen LogP contribution in [0.5, 0.6) is 0 Å². The Morgan fingerprint density at radius 1 is 1.24 bits per heavy atom. The molecule has 8 heteroatoms. The van der Waals surface area contributed by atoms with E-state index in [1.165, 1.54) is 11.0 Å². The SMILES string of the molecule is CCc1nn(-c2c(Cl)cc(Cl)cc2Cl)c2nc[nH]c(=O)c12. The number of fused-ring (bicyclic) bond motifs is 1. The van der Waals surface area contributed by atoms with Gasteiger partial charge < -0.3 is 4.98 Å². The Hall–Kier alpha value is -1.56. The molecule has 0 amide bonds. The second-order valence-corrected chi connectivity index (χ2v) is 5.61. The minimum absolute atomic E-state index is 0.246. The third-order valence-electron chi connectivity index (χ3n) is 3.07. The quantitative estimate of drug-likeness (QED) is 0.773. The van der Waals surface area contributed by atoms with E-state index in [0.29, 0.717) is 43.9 Å². The molecule has 0 fully saturated rings. The average Bonchev–Trinajstić information content (AvgIpc) is 2.78. The molecule has 5 nitrogen and oxygen atoms in total. The summed E-state index contributed by atoms with van der Waals surface area (Å²) in [6.45, 7) is 1.91. The number of H-pyrrole nitrogens is 1. The number of aryl methyl sites for hydroxylation is 1. The summed E-state index contributed by atoms with van der Waals surface area (Å²) in [4.78, 5) is 18.7. The summed E-state index contributed by atoms with van der Waals surface area (Å²) in [6, 6.07) is 3.13. The van der Waals surface area contributed by atoms with Gasteiger partial charge in [0.25, 0.3) is 5.56 Å². The average molecular weight is 344 g/mol. The molecule has 1 N–H and O–H groups in total. The Morgan fingerprint density at radius 3 is 2.52 bits per heavy atom. The molecule has 3 aromatic rings. The van der Waals surface area contributed by atoms with Gasteiger partial charge in [-0.3, -0.25) is 4.79 Å². The summed E-state index contributed by atoms with van der Waals surface area (Å²) < 4.78 is 1.48. The van der Waals surface area contributed by atoms with Gasteiger partial charge in [-0.05, 0) is 18.6 Å². The lowest BCUT2D eigenvalue weighted by Gasteiger charge is -2.08. The van der Waals surface area contributed by atoms with Crippen molar-refractivity contribution in [3.05, 3.63) is 49.6 Å². The van der Waals surface area contributed by atoms with Crippen LogP contribution in [-0.2, 0) is 6.42 Å². The van der Waals surface area contributed by atoms with Crippen LogP contribution in [0.1, 0.15) is 12.6 Å². The zero-order valence-electron chi connectivity index (χ0n) is 10.8. The number of nitrogens with one attached hydrogen (secondary N) is 1. The minimum Gasteiger partial charge on any atom is -0.312 e. The smallest absolute Gasteiger partial charge is 0.262 e. The number of aromatic nitrogens is 4. The Morgan fingerprint density at radius 2 is 1.90 bits per heavy atom. The van der Waals surface area contributed by atoms with Crippen molar-refractivity contribution in [2.45, 2.75) is 13.3 Å². The van der Waals surface area contributed by atoms with Gasteiger partial charge in [0.15, 0.2) is 5.65 Å².